The van der Waals surface area contributed by atoms with Crippen LogP contribution in [0.15, 0.2) is 30.6 Å². The van der Waals surface area contributed by atoms with Gasteiger partial charge in [0.05, 0.1) is 18.8 Å². The minimum absolute atomic E-state index is 0.00686. The number of hydrogen-bond donors (Lipinski definition) is 0. The Morgan fingerprint density at radius 2 is 1.86 bits per heavy atom. The molecule has 0 radical (unpaired) electrons. The second-order valence-electron chi connectivity index (χ2n) is 7.19. The number of aromatic nitrogens is 3. The van der Waals surface area contributed by atoms with Gasteiger partial charge >= 0.3 is 6.18 Å². The van der Waals surface area contributed by atoms with Gasteiger partial charge in [-0.05, 0) is 24.6 Å². The van der Waals surface area contributed by atoms with Crippen molar-refractivity contribution < 1.29 is 17.9 Å². The Bertz CT molecular complexity index is 843. The lowest BCUT2D eigenvalue weighted by Crippen LogP contribution is -2.38. The average Bonchev–Trinajstić information content (AvgIpc) is 3.23. The molecule has 4 rings (SSSR count). The molecule has 2 aromatic heterocycles. The standard InChI is InChI=1S/C19H23F3N6O/c1-26(16-4-7-24-18(25-16)27-9-11-29-12-10-27)14-5-8-28(13-14)17-15(19(20,21)22)3-2-6-23-17/h2-4,6-7,14H,5,8-13H2,1H3. The van der Waals surface area contributed by atoms with Crippen molar-refractivity contribution in [2.45, 2.75) is 18.6 Å². The summed E-state index contributed by atoms with van der Waals surface area (Å²) in [5.41, 5.74) is -0.694. The fraction of sp³-hybridized carbons (Fsp3) is 0.526. The van der Waals surface area contributed by atoms with Gasteiger partial charge in [-0.2, -0.15) is 18.2 Å². The monoisotopic (exact) mass is 408 g/mol. The van der Waals surface area contributed by atoms with E-state index in [-0.39, 0.29) is 11.9 Å². The molecule has 0 amide bonds. The summed E-state index contributed by atoms with van der Waals surface area (Å²) in [6.45, 7) is 3.73. The number of halogens is 3. The summed E-state index contributed by atoms with van der Waals surface area (Å²) < 4.78 is 45.4. The molecule has 2 fully saturated rings. The Morgan fingerprint density at radius 3 is 2.62 bits per heavy atom. The quantitative estimate of drug-likeness (QED) is 0.770. The number of ether oxygens (including phenoxy) is 1. The molecule has 4 heterocycles. The molecule has 0 saturated carbocycles. The Hall–Kier alpha value is -2.62. The van der Waals surface area contributed by atoms with Gasteiger partial charge in [-0.25, -0.2) is 9.97 Å². The molecule has 29 heavy (non-hydrogen) atoms. The third kappa shape index (κ3) is 4.21. The van der Waals surface area contributed by atoms with Crippen molar-refractivity contribution in [1.29, 1.82) is 0 Å². The van der Waals surface area contributed by atoms with Crippen molar-refractivity contribution >= 4 is 17.6 Å². The van der Waals surface area contributed by atoms with Crippen LogP contribution in [0, 0.1) is 0 Å². The first kappa shape index (κ1) is 19.7. The number of morpholine rings is 1. The highest BCUT2D eigenvalue weighted by Gasteiger charge is 2.38. The number of pyridine rings is 1. The summed E-state index contributed by atoms with van der Waals surface area (Å²) in [5, 5.41) is 0. The predicted octanol–water partition coefficient (Wildman–Crippen LogP) is 2.44. The van der Waals surface area contributed by atoms with Crippen LogP contribution in [0.2, 0.25) is 0 Å². The molecule has 0 aliphatic carbocycles. The molecule has 156 valence electrons. The zero-order valence-corrected chi connectivity index (χ0v) is 16.1. The van der Waals surface area contributed by atoms with Crippen LogP contribution in [0.1, 0.15) is 12.0 Å². The second-order valence-corrected chi connectivity index (χ2v) is 7.19. The summed E-state index contributed by atoms with van der Waals surface area (Å²) in [6.07, 6.45) is -0.577. The number of alkyl halides is 3. The van der Waals surface area contributed by atoms with Crippen molar-refractivity contribution in [2.75, 3.05) is 61.1 Å². The summed E-state index contributed by atoms with van der Waals surface area (Å²) in [4.78, 5) is 18.8. The van der Waals surface area contributed by atoms with Gasteiger partial charge < -0.3 is 19.4 Å². The van der Waals surface area contributed by atoms with Gasteiger partial charge in [-0.3, -0.25) is 0 Å². The van der Waals surface area contributed by atoms with Crippen LogP contribution in [-0.2, 0) is 10.9 Å². The highest BCUT2D eigenvalue weighted by atomic mass is 19.4. The van der Waals surface area contributed by atoms with Gasteiger partial charge in [-0.15, -0.1) is 0 Å². The predicted molar refractivity (Wildman–Crippen MR) is 103 cm³/mol. The van der Waals surface area contributed by atoms with Gasteiger partial charge in [-0.1, -0.05) is 0 Å². The maximum Gasteiger partial charge on any atom is 0.419 e. The third-order valence-corrected chi connectivity index (χ3v) is 5.39. The first-order valence-corrected chi connectivity index (χ1v) is 9.59. The van der Waals surface area contributed by atoms with Crippen LogP contribution in [0.3, 0.4) is 0 Å². The van der Waals surface area contributed by atoms with E-state index >= 15 is 0 Å². The summed E-state index contributed by atoms with van der Waals surface area (Å²) in [6, 6.07) is 4.26. The maximum atomic E-state index is 13.3. The van der Waals surface area contributed by atoms with Gasteiger partial charge in [0.2, 0.25) is 5.95 Å². The molecule has 2 saturated heterocycles. The van der Waals surface area contributed by atoms with Crippen molar-refractivity contribution in [3.8, 4) is 0 Å². The molecule has 0 N–H and O–H groups in total. The molecule has 2 aliphatic rings. The van der Waals surface area contributed by atoms with E-state index in [1.54, 1.807) is 11.1 Å². The van der Waals surface area contributed by atoms with E-state index in [4.69, 9.17) is 4.74 Å². The molecule has 0 aromatic carbocycles. The maximum absolute atomic E-state index is 13.3. The van der Waals surface area contributed by atoms with E-state index in [1.165, 1.54) is 12.3 Å². The molecule has 10 heteroatoms. The summed E-state index contributed by atoms with van der Waals surface area (Å²) in [7, 11) is 1.92. The SMILES string of the molecule is CN(c1ccnc(N2CCOCC2)n1)C1CCN(c2ncccc2C(F)(F)F)C1. The molecule has 2 aliphatic heterocycles. The fourth-order valence-electron chi connectivity index (χ4n) is 3.76. The molecule has 2 aromatic rings. The van der Waals surface area contributed by atoms with E-state index in [1.807, 2.05) is 18.0 Å². The molecular weight excluding hydrogens is 385 g/mol. The van der Waals surface area contributed by atoms with E-state index in [0.29, 0.717) is 32.3 Å². The van der Waals surface area contributed by atoms with Crippen LogP contribution < -0.4 is 14.7 Å². The summed E-state index contributed by atoms with van der Waals surface area (Å²) in [5.74, 6) is 1.40. The Balaban J connectivity index is 1.49. The Kier molecular flexibility index (Phi) is 5.44. The zero-order chi connectivity index (χ0) is 20.4. The van der Waals surface area contributed by atoms with Crippen LogP contribution in [0.5, 0.6) is 0 Å². The minimum atomic E-state index is -4.42. The number of rotatable bonds is 4. The Morgan fingerprint density at radius 1 is 1.07 bits per heavy atom. The number of nitrogens with zero attached hydrogens (tertiary/aromatic N) is 6. The van der Waals surface area contributed by atoms with E-state index < -0.39 is 11.7 Å². The lowest BCUT2D eigenvalue weighted by Gasteiger charge is -2.29. The smallest absolute Gasteiger partial charge is 0.378 e. The average molecular weight is 408 g/mol. The molecule has 1 atom stereocenters. The number of hydrogen-bond acceptors (Lipinski definition) is 7. The topological polar surface area (TPSA) is 57.6 Å². The van der Waals surface area contributed by atoms with Crippen molar-refractivity contribution in [1.82, 2.24) is 15.0 Å². The summed E-state index contributed by atoms with van der Waals surface area (Å²) >= 11 is 0. The number of likely N-dealkylation sites (N-methyl/N-ethyl adjacent to an activating group) is 1. The lowest BCUT2D eigenvalue weighted by molar-refractivity contribution is -0.137. The van der Waals surface area contributed by atoms with Gasteiger partial charge in [0.15, 0.2) is 0 Å². The van der Waals surface area contributed by atoms with Crippen LogP contribution >= 0.6 is 0 Å². The first-order chi connectivity index (χ1) is 13.9. The van der Waals surface area contributed by atoms with Crippen molar-refractivity contribution in [3.63, 3.8) is 0 Å². The van der Waals surface area contributed by atoms with Crippen LogP contribution in [0.4, 0.5) is 30.8 Å². The molecule has 1 unspecified atom stereocenters. The minimum Gasteiger partial charge on any atom is -0.378 e. The third-order valence-electron chi connectivity index (χ3n) is 5.39. The lowest BCUT2D eigenvalue weighted by atomic mass is 10.2. The highest BCUT2D eigenvalue weighted by Crippen LogP contribution is 2.36. The van der Waals surface area contributed by atoms with Crippen LogP contribution in [-0.4, -0.2) is 67.4 Å². The van der Waals surface area contributed by atoms with Crippen molar-refractivity contribution in [2.24, 2.45) is 0 Å². The largest absolute Gasteiger partial charge is 0.419 e. The van der Waals surface area contributed by atoms with E-state index in [2.05, 4.69) is 19.9 Å². The van der Waals surface area contributed by atoms with Gasteiger partial charge in [0.25, 0.3) is 0 Å². The highest BCUT2D eigenvalue weighted by molar-refractivity contribution is 5.51. The van der Waals surface area contributed by atoms with Crippen LogP contribution in [0.25, 0.3) is 0 Å². The van der Waals surface area contributed by atoms with E-state index in [0.717, 1.165) is 31.4 Å². The molecule has 0 spiro atoms. The van der Waals surface area contributed by atoms with E-state index in [9.17, 15) is 13.2 Å². The molecule has 0 bridgehead atoms. The molecule has 7 nitrogen and oxygen atoms in total. The Labute approximate surface area is 167 Å². The zero-order valence-electron chi connectivity index (χ0n) is 16.1. The first-order valence-electron chi connectivity index (χ1n) is 9.59. The van der Waals surface area contributed by atoms with Crippen molar-refractivity contribution in [3.05, 3.63) is 36.2 Å². The van der Waals surface area contributed by atoms with Gasteiger partial charge in [0, 0.05) is 51.7 Å². The second kappa shape index (κ2) is 8.02. The molecular formula is C19H23F3N6O. The normalized spacial score (nSPS) is 20.2. The fourth-order valence-corrected chi connectivity index (χ4v) is 3.76. The number of anilines is 3. The van der Waals surface area contributed by atoms with Gasteiger partial charge in [0.1, 0.15) is 11.6 Å².